The average Bonchev–Trinajstić information content (AvgIpc) is 2.37. The Morgan fingerprint density at radius 1 is 1.00 bits per heavy atom. The van der Waals surface area contributed by atoms with Crippen molar-refractivity contribution in [2.24, 2.45) is 0 Å². The maximum atomic E-state index is 10.0. The molecule has 0 aliphatic heterocycles. The largest absolute Gasteiger partial charge is 0.507 e. The Hall–Kier alpha value is -1.58. The SMILES string of the molecule is OCCC[C@@H](O)c1ccc(O)c2ccccc12. The Bertz CT molecular complexity index is 508. The van der Waals surface area contributed by atoms with Gasteiger partial charge in [0.15, 0.2) is 0 Å². The van der Waals surface area contributed by atoms with Crippen LogP contribution in [0.5, 0.6) is 5.75 Å². The van der Waals surface area contributed by atoms with Gasteiger partial charge in [0.2, 0.25) is 0 Å². The fourth-order valence-electron chi connectivity index (χ4n) is 2.04. The molecule has 0 aliphatic carbocycles. The molecule has 90 valence electrons. The summed E-state index contributed by atoms with van der Waals surface area (Å²) in [5, 5.41) is 30.2. The highest BCUT2D eigenvalue weighted by Gasteiger charge is 2.12. The van der Waals surface area contributed by atoms with E-state index in [0.29, 0.717) is 12.8 Å². The number of rotatable bonds is 4. The van der Waals surface area contributed by atoms with Crippen LogP contribution in [0.2, 0.25) is 0 Å². The van der Waals surface area contributed by atoms with Crippen molar-refractivity contribution in [3.05, 3.63) is 42.0 Å². The molecular weight excluding hydrogens is 216 g/mol. The number of hydrogen-bond donors (Lipinski definition) is 3. The van der Waals surface area contributed by atoms with Crippen LogP contribution in [0.4, 0.5) is 0 Å². The lowest BCUT2D eigenvalue weighted by Gasteiger charge is -2.14. The van der Waals surface area contributed by atoms with Crippen LogP contribution in [0.15, 0.2) is 36.4 Å². The summed E-state index contributed by atoms with van der Waals surface area (Å²) in [6.45, 7) is 0.0765. The van der Waals surface area contributed by atoms with Crippen LogP contribution in [0, 0.1) is 0 Å². The minimum Gasteiger partial charge on any atom is -0.507 e. The quantitative estimate of drug-likeness (QED) is 0.758. The molecular formula is C14H16O3. The van der Waals surface area contributed by atoms with Crippen molar-refractivity contribution in [1.82, 2.24) is 0 Å². The van der Waals surface area contributed by atoms with Gasteiger partial charge in [-0.05, 0) is 29.9 Å². The second kappa shape index (κ2) is 5.17. The predicted molar refractivity (Wildman–Crippen MR) is 66.9 cm³/mol. The van der Waals surface area contributed by atoms with E-state index in [1.165, 1.54) is 0 Å². The molecule has 0 aliphatic rings. The van der Waals surface area contributed by atoms with Crippen LogP contribution in [-0.4, -0.2) is 21.9 Å². The molecule has 0 bridgehead atoms. The molecule has 2 rings (SSSR count). The summed E-state index contributed by atoms with van der Waals surface area (Å²) in [6, 6.07) is 10.8. The van der Waals surface area contributed by atoms with Gasteiger partial charge >= 0.3 is 0 Å². The van der Waals surface area contributed by atoms with Gasteiger partial charge in [0.25, 0.3) is 0 Å². The highest BCUT2D eigenvalue weighted by atomic mass is 16.3. The van der Waals surface area contributed by atoms with Crippen LogP contribution in [0.1, 0.15) is 24.5 Å². The van der Waals surface area contributed by atoms with E-state index in [0.717, 1.165) is 16.3 Å². The van der Waals surface area contributed by atoms with Crippen LogP contribution < -0.4 is 0 Å². The fraction of sp³-hybridized carbons (Fsp3) is 0.286. The molecule has 2 aromatic carbocycles. The van der Waals surface area contributed by atoms with Gasteiger partial charge in [-0.25, -0.2) is 0 Å². The lowest BCUT2D eigenvalue weighted by molar-refractivity contribution is 0.153. The summed E-state index contributed by atoms with van der Waals surface area (Å²) in [5.41, 5.74) is 0.798. The normalized spacial score (nSPS) is 12.8. The van der Waals surface area contributed by atoms with Gasteiger partial charge in [-0.15, -0.1) is 0 Å². The highest BCUT2D eigenvalue weighted by Crippen LogP contribution is 2.32. The first-order valence-electron chi connectivity index (χ1n) is 5.73. The number of aliphatic hydroxyl groups excluding tert-OH is 2. The topological polar surface area (TPSA) is 60.7 Å². The number of benzene rings is 2. The van der Waals surface area contributed by atoms with Gasteiger partial charge in [0.1, 0.15) is 5.75 Å². The molecule has 3 N–H and O–H groups in total. The Labute approximate surface area is 100.0 Å². The highest BCUT2D eigenvalue weighted by molar-refractivity contribution is 5.91. The summed E-state index contributed by atoms with van der Waals surface area (Å²) < 4.78 is 0. The van der Waals surface area contributed by atoms with Gasteiger partial charge < -0.3 is 15.3 Å². The van der Waals surface area contributed by atoms with Crippen molar-refractivity contribution in [3.8, 4) is 5.75 Å². The molecule has 2 aromatic rings. The Balaban J connectivity index is 2.44. The van der Waals surface area contributed by atoms with E-state index >= 15 is 0 Å². The van der Waals surface area contributed by atoms with Crippen LogP contribution in [0.3, 0.4) is 0 Å². The minimum absolute atomic E-state index is 0.0765. The van der Waals surface area contributed by atoms with Crippen molar-refractivity contribution in [3.63, 3.8) is 0 Å². The monoisotopic (exact) mass is 232 g/mol. The van der Waals surface area contributed by atoms with Crippen molar-refractivity contribution in [2.45, 2.75) is 18.9 Å². The molecule has 0 saturated carbocycles. The zero-order valence-electron chi connectivity index (χ0n) is 9.50. The number of aromatic hydroxyl groups is 1. The first-order valence-corrected chi connectivity index (χ1v) is 5.73. The maximum absolute atomic E-state index is 10.0. The first-order chi connectivity index (χ1) is 8.24. The summed E-state index contributed by atoms with van der Waals surface area (Å²) in [4.78, 5) is 0. The average molecular weight is 232 g/mol. The van der Waals surface area contributed by atoms with E-state index in [9.17, 15) is 10.2 Å². The van der Waals surface area contributed by atoms with Gasteiger partial charge in [-0.1, -0.05) is 30.3 Å². The van der Waals surface area contributed by atoms with Gasteiger partial charge in [0, 0.05) is 12.0 Å². The number of phenols is 1. The summed E-state index contributed by atoms with van der Waals surface area (Å²) >= 11 is 0. The molecule has 0 unspecified atom stereocenters. The van der Waals surface area contributed by atoms with Crippen LogP contribution in [0.25, 0.3) is 10.8 Å². The fourth-order valence-corrected chi connectivity index (χ4v) is 2.04. The lowest BCUT2D eigenvalue weighted by Crippen LogP contribution is -1.99. The van der Waals surface area contributed by atoms with Crippen LogP contribution in [-0.2, 0) is 0 Å². The summed E-state index contributed by atoms with van der Waals surface area (Å²) in [6.07, 6.45) is 0.481. The Morgan fingerprint density at radius 3 is 2.41 bits per heavy atom. The third-order valence-corrected chi connectivity index (χ3v) is 2.93. The number of phenolic OH excluding ortho intramolecular Hbond substituents is 1. The molecule has 0 spiro atoms. The van der Waals surface area contributed by atoms with Crippen molar-refractivity contribution in [1.29, 1.82) is 0 Å². The molecule has 0 heterocycles. The Morgan fingerprint density at radius 2 is 1.71 bits per heavy atom. The summed E-state index contributed by atoms with van der Waals surface area (Å²) in [7, 11) is 0. The minimum atomic E-state index is -0.604. The molecule has 3 nitrogen and oxygen atoms in total. The zero-order valence-corrected chi connectivity index (χ0v) is 9.50. The standard InChI is InChI=1S/C14H16O3/c15-9-3-6-13(16)12-7-8-14(17)11-5-2-1-4-10(11)12/h1-2,4-5,7-8,13,15-17H,3,6,9H2/t13-/m1/s1. The lowest BCUT2D eigenvalue weighted by atomic mass is 9.97. The van der Waals surface area contributed by atoms with Crippen molar-refractivity contribution >= 4 is 10.8 Å². The van der Waals surface area contributed by atoms with E-state index in [2.05, 4.69) is 0 Å². The molecule has 0 fully saturated rings. The number of aliphatic hydroxyl groups is 2. The molecule has 1 atom stereocenters. The molecule has 0 aromatic heterocycles. The third-order valence-electron chi connectivity index (χ3n) is 2.93. The molecule has 3 heteroatoms. The summed E-state index contributed by atoms with van der Waals surface area (Å²) in [5.74, 6) is 0.221. The van der Waals surface area contributed by atoms with E-state index in [-0.39, 0.29) is 12.4 Å². The van der Waals surface area contributed by atoms with E-state index in [1.807, 2.05) is 24.3 Å². The van der Waals surface area contributed by atoms with Gasteiger partial charge in [-0.3, -0.25) is 0 Å². The molecule has 17 heavy (non-hydrogen) atoms. The smallest absolute Gasteiger partial charge is 0.123 e. The predicted octanol–water partition coefficient (Wildman–Crippen LogP) is 2.35. The first kappa shape index (κ1) is 11.9. The molecule has 0 radical (unpaired) electrons. The van der Waals surface area contributed by atoms with Crippen molar-refractivity contribution < 1.29 is 15.3 Å². The second-order valence-electron chi connectivity index (χ2n) is 4.10. The maximum Gasteiger partial charge on any atom is 0.123 e. The van der Waals surface area contributed by atoms with Gasteiger partial charge in [0.05, 0.1) is 6.10 Å². The molecule has 0 amide bonds. The number of fused-ring (bicyclic) bond motifs is 1. The Kier molecular flexibility index (Phi) is 3.61. The van der Waals surface area contributed by atoms with Crippen molar-refractivity contribution in [2.75, 3.05) is 6.61 Å². The van der Waals surface area contributed by atoms with Gasteiger partial charge in [-0.2, -0.15) is 0 Å². The van der Waals surface area contributed by atoms with E-state index < -0.39 is 6.10 Å². The molecule has 0 saturated heterocycles. The zero-order chi connectivity index (χ0) is 12.3. The van der Waals surface area contributed by atoms with E-state index in [4.69, 9.17) is 5.11 Å². The number of hydrogen-bond acceptors (Lipinski definition) is 3. The van der Waals surface area contributed by atoms with E-state index in [1.54, 1.807) is 12.1 Å². The second-order valence-corrected chi connectivity index (χ2v) is 4.10. The van der Waals surface area contributed by atoms with Crippen LogP contribution >= 0.6 is 0 Å². The third kappa shape index (κ3) is 2.40.